The molecule has 2 N–H and O–H groups in total. The van der Waals surface area contributed by atoms with Crippen molar-refractivity contribution in [3.05, 3.63) is 42.0 Å². The van der Waals surface area contributed by atoms with Gasteiger partial charge in [0.2, 0.25) is 0 Å². The number of amides is 1. The number of aliphatic imine (C=N–C) groups is 1. The monoisotopic (exact) mass is 541 g/mol. The molecule has 0 spiro atoms. The number of alkyl carbamates (subject to hydrolysis) is 1. The van der Waals surface area contributed by atoms with E-state index in [1.165, 1.54) is 11.3 Å². The highest BCUT2D eigenvalue weighted by atomic mass is 127. The number of nitrogens with zero attached hydrogens (tertiary/aromatic N) is 3. The first-order chi connectivity index (χ1) is 14.3. The molecule has 1 aromatic rings. The van der Waals surface area contributed by atoms with Gasteiger partial charge in [-0.05, 0) is 51.8 Å². The van der Waals surface area contributed by atoms with E-state index >= 15 is 0 Å². The average molecular weight is 541 g/mol. The van der Waals surface area contributed by atoms with Crippen LogP contribution >= 0.6 is 24.0 Å². The maximum atomic E-state index is 12.0. The van der Waals surface area contributed by atoms with Gasteiger partial charge in [0.15, 0.2) is 5.96 Å². The summed E-state index contributed by atoms with van der Waals surface area (Å²) in [6, 6.07) is 8.70. The Bertz CT molecular complexity index is 765. The minimum atomic E-state index is -0.487. The molecule has 1 amide bonds. The highest BCUT2D eigenvalue weighted by Gasteiger charge is 2.27. The van der Waals surface area contributed by atoms with Crippen LogP contribution in [0.15, 0.2) is 41.4 Å². The second-order valence-corrected chi connectivity index (χ2v) is 8.79. The van der Waals surface area contributed by atoms with E-state index in [1.807, 2.05) is 20.8 Å². The third-order valence-corrected chi connectivity index (χ3v) is 5.07. The van der Waals surface area contributed by atoms with Crippen molar-refractivity contribution in [1.29, 1.82) is 0 Å². The first kappa shape index (κ1) is 25.3. The summed E-state index contributed by atoms with van der Waals surface area (Å²) in [5, 5.41) is 6.35. The van der Waals surface area contributed by atoms with Crippen LogP contribution in [0.1, 0.15) is 39.7 Å². The van der Waals surface area contributed by atoms with Gasteiger partial charge in [0.25, 0.3) is 0 Å². The number of hydrogen-bond donors (Lipinski definition) is 2. The van der Waals surface area contributed by atoms with Gasteiger partial charge in [-0.2, -0.15) is 0 Å². The van der Waals surface area contributed by atoms with Crippen LogP contribution in [0, 0.1) is 0 Å². The number of ether oxygens (including phenoxy) is 1. The Morgan fingerprint density at radius 2 is 1.87 bits per heavy atom. The molecule has 8 heteroatoms. The molecular formula is C23H36IN5O2. The number of nitrogens with one attached hydrogen (secondary N) is 2. The fraction of sp³-hybridized carbons (Fsp3) is 0.565. The van der Waals surface area contributed by atoms with E-state index in [2.05, 4.69) is 63.8 Å². The number of halogens is 1. The van der Waals surface area contributed by atoms with E-state index in [-0.39, 0.29) is 36.1 Å². The number of hydrogen-bond acceptors (Lipinski definition) is 4. The van der Waals surface area contributed by atoms with Crippen molar-refractivity contribution >= 4 is 41.7 Å². The fourth-order valence-corrected chi connectivity index (χ4v) is 3.64. The van der Waals surface area contributed by atoms with Gasteiger partial charge >= 0.3 is 6.09 Å². The molecule has 7 nitrogen and oxygen atoms in total. The van der Waals surface area contributed by atoms with Crippen LogP contribution < -0.4 is 15.5 Å². The quantitative estimate of drug-likeness (QED) is 0.257. The van der Waals surface area contributed by atoms with Gasteiger partial charge in [-0.15, -0.1) is 24.0 Å². The second-order valence-electron chi connectivity index (χ2n) is 8.79. The van der Waals surface area contributed by atoms with Crippen LogP contribution in [0.5, 0.6) is 0 Å². The van der Waals surface area contributed by atoms with E-state index in [1.54, 1.807) is 0 Å². The number of anilines is 1. The summed E-state index contributed by atoms with van der Waals surface area (Å²) in [4.78, 5) is 21.4. The van der Waals surface area contributed by atoms with Crippen molar-refractivity contribution in [2.45, 2.75) is 52.3 Å². The van der Waals surface area contributed by atoms with E-state index in [4.69, 9.17) is 9.73 Å². The second kappa shape index (κ2) is 11.6. The van der Waals surface area contributed by atoms with Crippen LogP contribution in [0.2, 0.25) is 0 Å². The van der Waals surface area contributed by atoms with Gasteiger partial charge in [0, 0.05) is 38.4 Å². The van der Waals surface area contributed by atoms with Gasteiger partial charge < -0.3 is 25.2 Å². The van der Waals surface area contributed by atoms with Crippen LogP contribution in [0.4, 0.5) is 10.5 Å². The minimum Gasteiger partial charge on any atom is -0.444 e. The zero-order chi connectivity index (χ0) is 21.6. The van der Waals surface area contributed by atoms with Crippen molar-refractivity contribution in [2.75, 3.05) is 37.6 Å². The predicted molar refractivity (Wildman–Crippen MR) is 137 cm³/mol. The predicted octanol–water partition coefficient (Wildman–Crippen LogP) is 3.75. The molecule has 0 radical (unpaired) electrons. The highest BCUT2D eigenvalue weighted by molar-refractivity contribution is 14.0. The lowest BCUT2D eigenvalue weighted by Crippen LogP contribution is -2.44. The summed E-state index contributed by atoms with van der Waals surface area (Å²) in [5.41, 5.74) is 1.94. The molecule has 0 saturated carbocycles. The third-order valence-electron chi connectivity index (χ3n) is 5.07. The molecule has 172 valence electrons. The van der Waals surface area contributed by atoms with Crippen LogP contribution in [0.3, 0.4) is 0 Å². The minimum absolute atomic E-state index is 0. The Morgan fingerprint density at radius 1 is 1.19 bits per heavy atom. The summed E-state index contributed by atoms with van der Waals surface area (Å²) in [6.07, 6.45) is 4.91. The highest BCUT2D eigenvalue weighted by Crippen LogP contribution is 2.18. The number of likely N-dealkylation sites (tertiary alicyclic amines) is 1. The topological polar surface area (TPSA) is 69.2 Å². The Morgan fingerprint density at radius 3 is 2.48 bits per heavy atom. The summed E-state index contributed by atoms with van der Waals surface area (Å²) in [6.45, 7) is 12.7. The molecule has 0 aromatic heterocycles. The lowest BCUT2D eigenvalue weighted by Gasteiger charge is -2.23. The van der Waals surface area contributed by atoms with E-state index in [9.17, 15) is 4.79 Å². The average Bonchev–Trinajstić information content (AvgIpc) is 3.36. The maximum absolute atomic E-state index is 12.0. The summed E-state index contributed by atoms with van der Waals surface area (Å²) in [7, 11) is 0. The summed E-state index contributed by atoms with van der Waals surface area (Å²) < 4.78 is 5.37. The van der Waals surface area contributed by atoms with E-state index in [0.29, 0.717) is 6.54 Å². The van der Waals surface area contributed by atoms with Gasteiger partial charge in [-0.1, -0.05) is 24.3 Å². The molecule has 1 aromatic carbocycles. The Balaban J connectivity index is 0.00000341. The fourth-order valence-electron chi connectivity index (χ4n) is 3.64. The third kappa shape index (κ3) is 7.90. The normalized spacial score (nSPS) is 18.7. The molecule has 3 rings (SSSR count). The number of rotatable bonds is 5. The molecule has 2 heterocycles. The van der Waals surface area contributed by atoms with Crippen molar-refractivity contribution < 1.29 is 9.53 Å². The number of carbonyl (C=O) groups is 1. The first-order valence-electron chi connectivity index (χ1n) is 10.9. The molecule has 0 bridgehead atoms. The van der Waals surface area contributed by atoms with E-state index < -0.39 is 5.60 Å². The van der Waals surface area contributed by atoms with Gasteiger partial charge in [0.1, 0.15) is 5.60 Å². The molecule has 2 aliphatic rings. The summed E-state index contributed by atoms with van der Waals surface area (Å²) in [5.74, 6) is 0.888. The standard InChI is InChI=1S/C23H35N5O2.HI/c1-5-24-21(28-15-12-19(17-28)26-22(29)30-23(2,3)4)25-16-18-8-10-20(11-9-18)27-13-6-7-14-27;/h6-11,19H,5,12-17H2,1-4H3,(H,24,25)(H,26,29);1H. The lowest BCUT2D eigenvalue weighted by atomic mass is 10.2. The molecule has 1 fully saturated rings. The Kier molecular flexibility index (Phi) is 9.46. The number of benzene rings is 1. The molecule has 1 atom stereocenters. The number of guanidine groups is 1. The van der Waals surface area contributed by atoms with Crippen molar-refractivity contribution in [2.24, 2.45) is 4.99 Å². The molecule has 2 aliphatic heterocycles. The summed E-state index contributed by atoms with van der Waals surface area (Å²) >= 11 is 0. The van der Waals surface area contributed by atoms with Crippen LogP contribution in [0.25, 0.3) is 0 Å². The Hall–Kier alpha value is -1.97. The number of carbonyl (C=O) groups excluding carboxylic acids is 1. The largest absolute Gasteiger partial charge is 0.444 e. The zero-order valence-corrected chi connectivity index (χ0v) is 21.4. The van der Waals surface area contributed by atoms with E-state index in [0.717, 1.165) is 45.1 Å². The molecule has 0 aliphatic carbocycles. The molecule has 31 heavy (non-hydrogen) atoms. The molecule has 1 saturated heterocycles. The van der Waals surface area contributed by atoms with Crippen molar-refractivity contribution in [3.63, 3.8) is 0 Å². The van der Waals surface area contributed by atoms with Gasteiger partial charge in [-0.3, -0.25) is 0 Å². The zero-order valence-electron chi connectivity index (χ0n) is 19.1. The first-order valence-corrected chi connectivity index (χ1v) is 10.9. The lowest BCUT2D eigenvalue weighted by molar-refractivity contribution is 0.0507. The molecular weight excluding hydrogens is 505 g/mol. The van der Waals surface area contributed by atoms with Crippen molar-refractivity contribution in [3.8, 4) is 0 Å². The maximum Gasteiger partial charge on any atom is 0.407 e. The van der Waals surface area contributed by atoms with Gasteiger partial charge in [-0.25, -0.2) is 9.79 Å². The SMILES string of the molecule is CCNC(=NCc1ccc(N2CC=CC2)cc1)N1CCC(NC(=O)OC(C)(C)C)C1.I. The van der Waals surface area contributed by atoms with Crippen LogP contribution in [-0.2, 0) is 11.3 Å². The van der Waals surface area contributed by atoms with Gasteiger partial charge in [0.05, 0.1) is 12.6 Å². The Labute approximate surface area is 203 Å². The smallest absolute Gasteiger partial charge is 0.407 e. The van der Waals surface area contributed by atoms with Crippen molar-refractivity contribution in [1.82, 2.24) is 15.5 Å². The molecule has 1 unspecified atom stereocenters. The van der Waals surface area contributed by atoms with Crippen LogP contribution in [-0.4, -0.2) is 61.3 Å².